The number of methoxy groups -OCH3 is 1. The molecule has 0 heterocycles. The van der Waals surface area contributed by atoms with Crippen LogP contribution in [0.3, 0.4) is 0 Å². The fraction of sp³-hybridized carbons (Fsp3) is 0.350. The van der Waals surface area contributed by atoms with Gasteiger partial charge in [0.1, 0.15) is 5.75 Å². The second-order valence-corrected chi connectivity index (χ2v) is 6.47. The van der Waals surface area contributed by atoms with Crippen LogP contribution in [0.1, 0.15) is 31.2 Å². The fourth-order valence-electron chi connectivity index (χ4n) is 3.21. The Bertz CT molecular complexity index is 704. The number of amides is 1. The minimum absolute atomic E-state index is 0.0307. The van der Waals surface area contributed by atoms with Gasteiger partial charge in [-0.05, 0) is 41.7 Å². The molecule has 0 atom stereocenters. The fourth-order valence-corrected chi connectivity index (χ4v) is 3.21. The summed E-state index contributed by atoms with van der Waals surface area (Å²) >= 11 is 0. The second kappa shape index (κ2) is 7.05. The van der Waals surface area contributed by atoms with E-state index in [1.54, 1.807) is 7.11 Å². The third kappa shape index (κ3) is 3.60. The average Bonchev–Trinajstić information content (AvgIpc) is 3.08. The molecule has 2 aromatic rings. The normalized spacial score (nSPS) is 15.9. The maximum Gasteiger partial charge on any atom is 0.240 e. The van der Waals surface area contributed by atoms with Gasteiger partial charge >= 0.3 is 0 Å². The molecule has 126 valence electrons. The summed E-state index contributed by atoms with van der Waals surface area (Å²) in [5.41, 5.74) is 8.80. The van der Waals surface area contributed by atoms with Gasteiger partial charge in [0, 0.05) is 6.54 Å². The summed E-state index contributed by atoms with van der Waals surface area (Å²) in [6, 6.07) is 16.2. The minimum atomic E-state index is -0.666. The van der Waals surface area contributed by atoms with Crippen molar-refractivity contribution in [3.8, 4) is 16.9 Å². The van der Waals surface area contributed by atoms with Crippen LogP contribution in [-0.2, 0) is 11.3 Å². The maximum atomic E-state index is 12.2. The number of rotatable bonds is 5. The van der Waals surface area contributed by atoms with Gasteiger partial charge in [0.05, 0.1) is 12.6 Å². The van der Waals surface area contributed by atoms with Gasteiger partial charge in [-0.15, -0.1) is 0 Å². The second-order valence-electron chi connectivity index (χ2n) is 6.47. The lowest BCUT2D eigenvalue weighted by molar-refractivity contribution is -0.126. The zero-order chi connectivity index (χ0) is 17.0. The van der Waals surface area contributed by atoms with Crippen LogP contribution in [0.4, 0.5) is 0 Å². The van der Waals surface area contributed by atoms with Crippen LogP contribution < -0.4 is 15.8 Å². The Morgan fingerprint density at radius 2 is 1.83 bits per heavy atom. The molecule has 0 radical (unpaired) electrons. The number of hydrogen-bond acceptors (Lipinski definition) is 3. The first-order valence-electron chi connectivity index (χ1n) is 8.41. The predicted molar refractivity (Wildman–Crippen MR) is 95.7 cm³/mol. The Labute approximate surface area is 143 Å². The van der Waals surface area contributed by atoms with Crippen molar-refractivity contribution in [2.24, 2.45) is 5.73 Å². The van der Waals surface area contributed by atoms with Crippen LogP contribution in [0.15, 0.2) is 48.5 Å². The van der Waals surface area contributed by atoms with Crippen LogP contribution in [0.2, 0.25) is 0 Å². The maximum absolute atomic E-state index is 12.2. The lowest BCUT2D eigenvalue weighted by Gasteiger charge is -2.22. The van der Waals surface area contributed by atoms with E-state index in [1.807, 2.05) is 30.3 Å². The van der Waals surface area contributed by atoms with Crippen molar-refractivity contribution in [1.82, 2.24) is 5.32 Å². The third-order valence-electron chi connectivity index (χ3n) is 4.76. The Kier molecular flexibility index (Phi) is 4.86. The van der Waals surface area contributed by atoms with E-state index in [0.29, 0.717) is 6.54 Å². The van der Waals surface area contributed by atoms with Crippen molar-refractivity contribution >= 4 is 5.91 Å². The summed E-state index contributed by atoms with van der Waals surface area (Å²) in [7, 11) is 1.67. The van der Waals surface area contributed by atoms with Crippen LogP contribution >= 0.6 is 0 Å². The smallest absolute Gasteiger partial charge is 0.240 e. The summed E-state index contributed by atoms with van der Waals surface area (Å²) in [5.74, 6) is 0.811. The molecule has 0 saturated heterocycles. The molecule has 1 saturated carbocycles. The monoisotopic (exact) mass is 324 g/mol. The number of hydrogen-bond donors (Lipinski definition) is 2. The number of nitrogens with two attached hydrogens (primary N) is 1. The summed E-state index contributed by atoms with van der Waals surface area (Å²) in [6.45, 7) is 0.510. The van der Waals surface area contributed by atoms with Gasteiger partial charge in [-0.1, -0.05) is 49.2 Å². The number of nitrogens with one attached hydrogen (secondary N) is 1. The molecule has 24 heavy (non-hydrogen) atoms. The van der Waals surface area contributed by atoms with Gasteiger partial charge < -0.3 is 15.8 Å². The van der Waals surface area contributed by atoms with E-state index < -0.39 is 5.54 Å². The molecule has 0 aliphatic heterocycles. The van der Waals surface area contributed by atoms with Crippen molar-refractivity contribution in [3.05, 3.63) is 54.1 Å². The molecule has 4 nitrogen and oxygen atoms in total. The van der Waals surface area contributed by atoms with Crippen molar-refractivity contribution in [2.45, 2.75) is 37.8 Å². The van der Waals surface area contributed by atoms with Crippen LogP contribution in [-0.4, -0.2) is 18.6 Å². The largest absolute Gasteiger partial charge is 0.497 e. The van der Waals surface area contributed by atoms with Crippen LogP contribution in [0.25, 0.3) is 11.1 Å². The van der Waals surface area contributed by atoms with Gasteiger partial charge in [0.2, 0.25) is 5.91 Å². The Balaban J connectivity index is 1.63. The highest BCUT2D eigenvalue weighted by molar-refractivity contribution is 5.86. The quantitative estimate of drug-likeness (QED) is 0.887. The molecule has 0 unspecified atom stereocenters. The average molecular weight is 324 g/mol. The van der Waals surface area contributed by atoms with Gasteiger partial charge in [0.25, 0.3) is 0 Å². The van der Waals surface area contributed by atoms with E-state index in [1.165, 1.54) is 0 Å². The van der Waals surface area contributed by atoms with Crippen molar-refractivity contribution in [2.75, 3.05) is 7.11 Å². The number of carbonyl (C=O) groups excluding carboxylic acids is 1. The summed E-state index contributed by atoms with van der Waals surface area (Å²) < 4.78 is 5.26. The molecule has 0 bridgehead atoms. The van der Waals surface area contributed by atoms with Gasteiger partial charge in [-0.3, -0.25) is 4.79 Å². The molecular formula is C20H24N2O2. The molecular weight excluding hydrogens is 300 g/mol. The van der Waals surface area contributed by atoms with Crippen molar-refractivity contribution in [1.29, 1.82) is 0 Å². The Morgan fingerprint density at radius 1 is 1.12 bits per heavy atom. The van der Waals surface area contributed by atoms with E-state index in [0.717, 1.165) is 48.1 Å². The summed E-state index contributed by atoms with van der Waals surface area (Å²) in [5, 5.41) is 2.97. The van der Waals surface area contributed by atoms with Crippen molar-refractivity contribution in [3.63, 3.8) is 0 Å². The third-order valence-corrected chi connectivity index (χ3v) is 4.76. The molecule has 4 heteroatoms. The molecule has 3 N–H and O–H groups in total. The minimum Gasteiger partial charge on any atom is -0.497 e. The molecule has 1 aliphatic rings. The lowest BCUT2D eigenvalue weighted by Crippen LogP contribution is -2.51. The van der Waals surface area contributed by atoms with E-state index >= 15 is 0 Å². The highest BCUT2D eigenvalue weighted by Gasteiger charge is 2.36. The highest BCUT2D eigenvalue weighted by Crippen LogP contribution is 2.27. The van der Waals surface area contributed by atoms with E-state index in [9.17, 15) is 4.79 Å². The Hall–Kier alpha value is -2.33. The molecule has 1 fully saturated rings. The molecule has 2 aromatic carbocycles. The standard InChI is InChI=1S/C20H24N2O2/c1-24-18-6-4-5-17(13-18)16-9-7-15(8-10-16)14-22-19(23)20(21)11-2-3-12-20/h4-10,13H,2-3,11-12,14,21H2,1H3,(H,22,23). The number of carbonyl (C=O) groups is 1. The number of benzene rings is 2. The van der Waals surface area contributed by atoms with Gasteiger partial charge in [-0.25, -0.2) is 0 Å². The van der Waals surface area contributed by atoms with Crippen LogP contribution in [0, 0.1) is 0 Å². The number of ether oxygens (including phenoxy) is 1. The van der Waals surface area contributed by atoms with Gasteiger partial charge in [-0.2, -0.15) is 0 Å². The topological polar surface area (TPSA) is 64.3 Å². The summed E-state index contributed by atoms with van der Waals surface area (Å²) in [4.78, 5) is 12.2. The first-order chi connectivity index (χ1) is 11.6. The zero-order valence-corrected chi connectivity index (χ0v) is 14.0. The Morgan fingerprint density at radius 3 is 2.50 bits per heavy atom. The van der Waals surface area contributed by atoms with E-state index in [-0.39, 0.29) is 5.91 Å². The van der Waals surface area contributed by atoms with E-state index in [2.05, 4.69) is 23.5 Å². The highest BCUT2D eigenvalue weighted by atomic mass is 16.5. The molecule has 1 amide bonds. The molecule has 1 aliphatic carbocycles. The molecule has 3 rings (SSSR count). The predicted octanol–water partition coefficient (Wildman–Crippen LogP) is 3.25. The van der Waals surface area contributed by atoms with E-state index in [4.69, 9.17) is 10.5 Å². The molecule has 0 spiro atoms. The SMILES string of the molecule is COc1cccc(-c2ccc(CNC(=O)C3(N)CCCC3)cc2)c1. The first-order valence-corrected chi connectivity index (χ1v) is 8.41. The van der Waals surface area contributed by atoms with Gasteiger partial charge in [0.15, 0.2) is 0 Å². The molecule has 0 aromatic heterocycles. The zero-order valence-electron chi connectivity index (χ0n) is 14.0. The van der Waals surface area contributed by atoms with Crippen LogP contribution in [0.5, 0.6) is 5.75 Å². The lowest BCUT2D eigenvalue weighted by atomic mass is 9.98. The van der Waals surface area contributed by atoms with Crippen molar-refractivity contribution < 1.29 is 9.53 Å². The first kappa shape index (κ1) is 16.5. The summed E-state index contributed by atoms with van der Waals surface area (Å²) in [6.07, 6.45) is 3.65.